The molecular weight excluding hydrogens is 250 g/mol. The molecule has 0 spiro atoms. The van der Waals surface area contributed by atoms with E-state index in [-0.39, 0.29) is 5.78 Å². The SMILES string of the molecule is Cc1ccc(C(=O)CN2CCOC3CCCC32)c(C)c1. The zero-order chi connectivity index (χ0) is 14.1. The molecule has 1 aromatic rings. The van der Waals surface area contributed by atoms with Gasteiger partial charge in [-0.05, 0) is 38.7 Å². The lowest BCUT2D eigenvalue weighted by atomic mass is 10.0. The third-order valence-electron chi connectivity index (χ3n) is 4.63. The van der Waals surface area contributed by atoms with Gasteiger partial charge in [0.2, 0.25) is 0 Å². The van der Waals surface area contributed by atoms with Gasteiger partial charge in [0.05, 0.1) is 19.3 Å². The van der Waals surface area contributed by atoms with Crippen molar-refractivity contribution in [3.63, 3.8) is 0 Å². The summed E-state index contributed by atoms with van der Waals surface area (Å²) in [4.78, 5) is 14.9. The van der Waals surface area contributed by atoms with Gasteiger partial charge in [0.1, 0.15) is 0 Å². The Kier molecular flexibility index (Phi) is 3.90. The van der Waals surface area contributed by atoms with Crippen LogP contribution < -0.4 is 0 Å². The fourth-order valence-electron chi connectivity index (χ4n) is 3.60. The van der Waals surface area contributed by atoms with Crippen molar-refractivity contribution in [2.24, 2.45) is 0 Å². The molecule has 2 aliphatic rings. The van der Waals surface area contributed by atoms with Crippen molar-refractivity contribution in [1.82, 2.24) is 4.90 Å². The number of rotatable bonds is 3. The van der Waals surface area contributed by atoms with Crippen LogP contribution in [0, 0.1) is 13.8 Å². The molecule has 2 unspecified atom stereocenters. The Morgan fingerprint density at radius 2 is 2.20 bits per heavy atom. The average Bonchev–Trinajstić information content (AvgIpc) is 2.87. The van der Waals surface area contributed by atoms with Crippen LogP contribution in [0.4, 0.5) is 0 Å². The first-order valence-electron chi connectivity index (χ1n) is 7.61. The van der Waals surface area contributed by atoms with Crippen LogP contribution in [0.1, 0.15) is 40.7 Å². The lowest BCUT2D eigenvalue weighted by Crippen LogP contribution is -2.50. The van der Waals surface area contributed by atoms with E-state index in [2.05, 4.69) is 17.9 Å². The van der Waals surface area contributed by atoms with E-state index >= 15 is 0 Å². The first-order valence-corrected chi connectivity index (χ1v) is 7.61. The maximum absolute atomic E-state index is 12.6. The van der Waals surface area contributed by atoms with Crippen LogP contribution in [0.15, 0.2) is 18.2 Å². The normalized spacial score (nSPS) is 26.5. The molecule has 0 amide bonds. The minimum atomic E-state index is 0.245. The summed E-state index contributed by atoms with van der Waals surface area (Å²) >= 11 is 0. The van der Waals surface area contributed by atoms with Gasteiger partial charge in [-0.1, -0.05) is 23.8 Å². The van der Waals surface area contributed by atoms with E-state index in [0.717, 1.165) is 30.7 Å². The largest absolute Gasteiger partial charge is 0.375 e. The van der Waals surface area contributed by atoms with E-state index in [1.807, 2.05) is 19.1 Å². The number of ether oxygens (including phenoxy) is 1. The standard InChI is InChI=1S/C17H23NO2/c1-12-6-7-14(13(2)10-12)16(19)11-18-8-9-20-17-5-3-4-15(17)18/h6-7,10,15,17H,3-5,8-9,11H2,1-2H3. The summed E-state index contributed by atoms with van der Waals surface area (Å²) in [6, 6.07) is 6.54. The van der Waals surface area contributed by atoms with E-state index < -0.39 is 0 Å². The maximum Gasteiger partial charge on any atom is 0.177 e. The van der Waals surface area contributed by atoms with E-state index in [4.69, 9.17) is 4.74 Å². The second-order valence-corrected chi connectivity index (χ2v) is 6.12. The van der Waals surface area contributed by atoms with Crippen molar-refractivity contribution in [2.75, 3.05) is 19.7 Å². The average molecular weight is 273 g/mol. The smallest absolute Gasteiger partial charge is 0.177 e. The van der Waals surface area contributed by atoms with Crippen molar-refractivity contribution in [1.29, 1.82) is 0 Å². The number of carbonyl (C=O) groups is 1. The van der Waals surface area contributed by atoms with Crippen molar-refractivity contribution in [3.05, 3.63) is 34.9 Å². The predicted octanol–water partition coefficient (Wildman–Crippen LogP) is 2.74. The number of carbonyl (C=O) groups excluding carboxylic acids is 1. The third kappa shape index (κ3) is 2.65. The van der Waals surface area contributed by atoms with E-state index in [0.29, 0.717) is 18.7 Å². The summed E-state index contributed by atoms with van der Waals surface area (Å²) in [5.41, 5.74) is 3.17. The maximum atomic E-state index is 12.6. The molecule has 1 aliphatic heterocycles. The second kappa shape index (κ2) is 5.66. The molecule has 1 aromatic carbocycles. The molecule has 3 heteroatoms. The molecule has 0 aromatic heterocycles. The Hall–Kier alpha value is -1.19. The van der Waals surface area contributed by atoms with Gasteiger partial charge in [-0.3, -0.25) is 9.69 Å². The second-order valence-electron chi connectivity index (χ2n) is 6.12. The molecule has 108 valence electrons. The molecule has 2 fully saturated rings. The minimum Gasteiger partial charge on any atom is -0.375 e. The van der Waals surface area contributed by atoms with Crippen molar-refractivity contribution >= 4 is 5.78 Å². The Balaban J connectivity index is 1.72. The molecule has 0 radical (unpaired) electrons. The summed E-state index contributed by atoms with van der Waals surface area (Å²) in [5.74, 6) is 0.245. The summed E-state index contributed by atoms with van der Waals surface area (Å²) in [6.45, 7) is 6.28. The number of hydrogen-bond donors (Lipinski definition) is 0. The molecular formula is C17H23NO2. The molecule has 1 aliphatic carbocycles. The number of aryl methyl sites for hydroxylation is 2. The van der Waals surface area contributed by atoms with Crippen LogP contribution in [0.5, 0.6) is 0 Å². The fraction of sp³-hybridized carbons (Fsp3) is 0.588. The zero-order valence-corrected chi connectivity index (χ0v) is 12.4. The highest BCUT2D eigenvalue weighted by atomic mass is 16.5. The Morgan fingerprint density at radius 1 is 1.35 bits per heavy atom. The van der Waals surface area contributed by atoms with Gasteiger partial charge in [-0.15, -0.1) is 0 Å². The van der Waals surface area contributed by atoms with Gasteiger partial charge >= 0.3 is 0 Å². The quantitative estimate of drug-likeness (QED) is 0.793. The highest BCUT2D eigenvalue weighted by molar-refractivity contribution is 5.99. The molecule has 20 heavy (non-hydrogen) atoms. The first kappa shape index (κ1) is 13.8. The Labute approximate surface area is 120 Å². The molecule has 0 bridgehead atoms. The molecule has 3 nitrogen and oxygen atoms in total. The predicted molar refractivity (Wildman–Crippen MR) is 79.2 cm³/mol. The van der Waals surface area contributed by atoms with Crippen molar-refractivity contribution in [3.8, 4) is 0 Å². The highest BCUT2D eigenvalue weighted by Gasteiger charge is 2.36. The third-order valence-corrected chi connectivity index (χ3v) is 4.63. The van der Waals surface area contributed by atoms with Gasteiger partial charge < -0.3 is 4.74 Å². The Bertz CT molecular complexity index is 512. The number of ketones is 1. The lowest BCUT2D eigenvalue weighted by molar-refractivity contribution is -0.0522. The number of Topliss-reactive ketones (excluding diaryl/α,β-unsaturated/α-hetero) is 1. The summed E-state index contributed by atoms with van der Waals surface area (Å²) in [5, 5.41) is 0. The van der Waals surface area contributed by atoms with Crippen LogP contribution in [0.25, 0.3) is 0 Å². The minimum absolute atomic E-state index is 0.245. The molecule has 2 atom stereocenters. The summed E-state index contributed by atoms with van der Waals surface area (Å²) in [7, 11) is 0. The molecule has 0 N–H and O–H groups in total. The lowest BCUT2D eigenvalue weighted by Gasteiger charge is -2.37. The van der Waals surface area contributed by atoms with Crippen LogP contribution in [-0.2, 0) is 4.74 Å². The van der Waals surface area contributed by atoms with Crippen LogP contribution >= 0.6 is 0 Å². The van der Waals surface area contributed by atoms with E-state index in [9.17, 15) is 4.79 Å². The summed E-state index contributed by atoms with van der Waals surface area (Å²) in [6.07, 6.45) is 3.91. The monoisotopic (exact) mass is 273 g/mol. The Morgan fingerprint density at radius 3 is 3.00 bits per heavy atom. The molecule has 1 heterocycles. The van der Waals surface area contributed by atoms with Gasteiger partial charge in [-0.2, -0.15) is 0 Å². The van der Waals surface area contributed by atoms with Crippen LogP contribution in [0.3, 0.4) is 0 Å². The van der Waals surface area contributed by atoms with Crippen LogP contribution in [0.2, 0.25) is 0 Å². The number of nitrogens with zero attached hydrogens (tertiary/aromatic N) is 1. The zero-order valence-electron chi connectivity index (χ0n) is 12.4. The topological polar surface area (TPSA) is 29.5 Å². The van der Waals surface area contributed by atoms with E-state index in [1.54, 1.807) is 0 Å². The first-order chi connectivity index (χ1) is 9.65. The molecule has 1 saturated carbocycles. The summed E-state index contributed by atoms with van der Waals surface area (Å²) < 4.78 is 5.81. The van der Waals surface area contributed by atoms with Crippen molar-refractivity contribution in [2.45, 2.75) is 45.3 Å². The number of morpholine rings is 1. The van der Waals surface area contributed by atoms with Gasteiger partial charge in [-0.25, -0.2) is 0 Å². The van der Waals surface area contributed by atoms with Gasteiger partial charge in [0.15, 0.2) is 5.78 Å². The van der Waals surface area contributed by atoms with E-state index in [1.165, 1.54) is 18.4 Å². The fourth-order valence-corrected chi connectivity index (χ4v) is 3.60. The van der Waals surface area contributed by atoms with Crippen molar-refractivity contribution < 1.29 is 9.53 Å². The number of benzene rings is 1. The van der Waals surface area contributed by atoms with Crippen LogP contribution in [-0.4, -0.2) is 42.5 Å². The van der Waals surface area contributed by atoms with Gasteiger partial charge in [0, 0.05) is 18.2 Å². The number of hydrogen-bond acceptors (Lipinski definition) is 3. The highest BCUT2D eigenvalue weighted by Crippen LogP contribution is 2.29. The molecule has 1 saturated heterocycles. The molecule has 3 rings (SSSR count). The number of fused-ring (bicyclic) bond motifs is 1. The van der Waals surface area contributed by atoms with Gasteiger partial charge in [0.25, 0.3) is 0 Å².